The molecule has 2 heterocycles. The summed E-state index contributed by atoms with van der Waals surface area (Å²) in [7, 11) is 0. The Kier molecular flexibility index (Phi) is 5.69. The minimum atomic E-state index is -0.353. The van der Waals surface area contributed by atoms with Crippen molar-refractivity contribution < 1.29 is 9.59 Å². The third kappa shape index (κ3) is 4.18. The largest absolute Gasteiger partial charge is 0.342 e. The number of fused-ring (bicyclic) bond motifs is 1. The molecule has 1 aromatic carbocycles. The van der Waals surface area contributed by atoms with Gasteiger partial charge in [-0.05, 0) is 36.3 Å². The number of nitrogens with one attached hydrogen (secondary N) is 1. The van der Waals surface area contributed by atoms with Gasteiger partial charge in [0.2, 0.25) is 11.8 Å². The zero-order valence-corrected chi connectivity index (χ0v) is 16.0. The summed E-state index contributed by atoms with van der Waals surface area (Å²) in [6, 6.07) is 7.79. The second-order valence-corrected chi connectivity index (χ2v) is 8.20. The SMILES string of the molecule is CSc1cccc(CN2CCN3C(=O)[C@H](CC(C)C)NC(=O)[C@H]3C2)c1. The Morgan fingerprint density at radius 1 is 1.28 bits per heavy atom. The van der Waals surface area contributed by atoms with Gasteiger partial charge in [-0.1, -0.05) is 26.0 Å². The number of piperazine rings is 2. The van der Waals surface area contributed by atoms with Crippen molar-refractivity contribution >= 4 is 23.6 Å². The Balaban J connectivity index is 1.65. The fourth-order valence-electron chi connectivity index (χ4n) is 3.66. The van der Waals surface area contributed by atoms with Crippen LogP contribution in [0.3, 0.4) is 0 Å². The van der Waals surface area contributed by atoms with Crippen LogP contribution in [0.15, 0.2) is 29.2 Å². The molecule has 3 rings (SSSR count). The van der Waals surface area contributed by atoms with Crippen LogP contribution in [-0.2, 0) is 16.1 Å². The van der Waals surface area contributed by atoms with Crippen molar-refractivity contribution in [3.8, 4) is 0 Å². The zero-order chi connectivity index (χ0) is 18.0. The maximum absolute atomic E-state index is 12.7. The Hall–Kier alpha value is -1.53. The first-order valence-electron chi connectivity index (χ1n) is 8.94. The van der Waals surface area contributed by atoms with Crippen LogP contribution in [0.1, 0.15) is 25.8 Å². The molecule has 0 unspecified atom stereocenters. The number of hydrogen-bond donors (Lipinski definition) is 1. The molecule has 2 atom stereocenters. The molecule has 25 heavy (non-hydrogen) atoms. The average Bonchev–Trinajstić information content (AvgIpc) is 2.59. The molecule has 0 aromatic heterocycles. The number of amides is 2. The molecular formula is C19H27N3O2S. The van der Waals surface area contributed by atoms with Crippen LogP contribution < -0.4 is 5.32 Å². The quantitative estimate of drug-likeness (QED) is 0.815. The molecule has 6 heteroatoms. The molecule has 1 aromatic rings. The molecule has 2 aliphatic rings. The van der Waals surface area contributed by atoms with E-state index in [1.807, 2.05) is 0 Å². The van der Waals surface area contributed by atoms with Gasteiger partial charge in [0.05, 0.1) is 0 Å². The van der Waals surface area contributed by atoms with Crippen molar-refractivity contribution in [1.82, 2.24) is 15.1 Å². The highest BCUT2D eigenvalue weighted by atomic mass is 32.2. The third-order valence-corrected chi connectivity index (χ3v) is 5.64. The predicted octanol–water partition coefficient (Wildman–Crippen LogP) is 1.97. The summed E-state index contributed by atoms with van der Waals surface area (Å²) in [4.78, 5) is 30.5. The highest BCUT2D eigenvalue weighted by Crippen LogP contribution is 2.22. The first-order chi connectivity index (χ1) is 12.0. The third-order valence-electron chi connectivity index (χ3n) is 4.91. The van der Waals surface area contributed by atoms with Crippen LogP contribution in [0.4, 0.5) is 0 Å². The Morgan fingerprint density at radius 3 is 2.80 bits per heavy atom. The summed E-state index contributed by atoms with van der Waals surface area (Å²) < 4.78 is 0. The van der Waals surface area contributed by atoms with Crippen molar-refractivity contribution in [2.75, 3.05) is 25.9 Å². The van der Waals surface area contributed by atoms with E-state index >= 15 is 0 Å². The second-order valence-electron chi connectivity index (χ2n) is 7.32. The summed E-state index contributed by atoms with van der Waals surface area (Å²) in [6.45, 7) is 7.02. The molecule has 136 valence electrons. The summed E-state index contributed by atoms with van der Waals surface area (Å²) >= 11 is 1.73. The number of benzene rings is 1. The molecule has 0 spiro atoms. The number of carbonyl (C=O) groups is 2. The average molecular weight is 362 g/mol. The lowest BCUT2D eigenvalue weighted by molar-refractivity contribution is -0.153. The van der Waals surface area contributed by atoms with Crippen LogP contribution in [-0.4, -0.2) is 59.6 Å². The fraction of sp³-hybridized carbons (Fsp3) is 0.579. The first kappa shape index (κ1) is 18.3. The van der Waals surface area contributed by atoms with Crippen molar-refractivity contribution in [2.45, 2.75) is 43.8 Å². The maximum atomic E-state index is 12.7. The molecule has 0 saturated carbocycles. The van der Waals surface area contributed by atoms with E-state index in [-0.39, 0.29) is 23.9 Å². The smallest absolute Gasteiger partial charge is 0.245 e. The van der Waals surface area contributed by atoms with Gasteiger partial charge in [-0.15, -0.1) is 11.8 Å². The number of nitrogens with zero attached hydrogens (tertiary/aromatic N) is 2. The molecule has 2 amide bonds. The molecule has 0 radical (unpaired) electrons. The molecule has 5 nitrogen and oxygen atoms in total. The number of rotatable bonds is 5. The highest BCUT2D eigenvalue weighted by Gasteiger charge is 2.43. The van der Waals surface area contributed by atoms with Crippen LogP contribution in [0, 0.1) is 5.92 Å². The van der Waals surface area contributed by atoms with Crippen molar-refractivity contribution in [1.29, 1.82) is 0 Å². The second kappa shape index (κ2) is 7.79. The molecule has 2 fully saturated rings. The molecule has 1 N–H and O–H groups in total. The van der Waals surface area contributed by atoms with Crippen molar-refractivity contribution in [3.63, 3.8) is 0 Å². The maximum Gasteiger partial charge on any atom is 0.245 e. The van der Waals surface area contributed by atoms with Crippen molar-refractivity contribution in [3.05, 3.63) is 29.8 Å². The minimum Gasteiger partial charge on any atom is -0.342 e. The first-order valence-corrected chi connectivity index (χ1v) is 10.2. The van der Waals surface area contributed by atoms with E-state index in [4.69, 9.17) is 0 Å². The van der Waals surface area contributed by atoms with E-state index in [9.17, 15) is 9.59 Å². The molecule has 2 aliphatic heterocycles. The monoisotopic (exact) mass is 361 g/mol. The van der Waals surface area contributed by atoms with Crippen LogP contribution in [0.5, 0.6) is 0 Å². The molecular weight excluding hydrogens is 334 g/mol. The van der Waals surface area contributed by atoms with Gasteiger partial charge < -0.3 is 10.2 Å². The lowest BCUT2D eigenvalue weighted by Crippen LogP contribution is -2.69. The Labute approximate surface area is 154 Å². The number of carbonyl (C=O) groups excluding carboxylic acids is 2. The van der Waals surface area contributed by atoms with Gasteiger partial charge in [0, 0.05) is 31.1 Å². The van der Waals surface area contributed by atoms with Gasteiger partial charge >= 0.3 is 0 Å². The highest BCUT2D eigenvalue weighted by molar-refractivity contribution is 7.98. The van der Waals surface area contributed by atoms with Gasteiger partial charge in [-0.25, -0.2) is 0 Å². The summed E-state index contributed by atoms with van der Waals surface area (Å²) in [6.07, 6.45) is 2.78. The Morgan fingerprint density at radius 2 is 2.08 bits per heavy atom. The van der Waals surface area contributed by atoms with Gasteiger partial charge in [0.1, 0.15) is 12.1 Å². The van der Waals surface area contributed by atoms with Gasteiger partial charge in [-0.2, -0.15) is 0 Å². The summed E-state index contributed by atoms with van der Waals surface area (Å²) in [5.41, 5.74) is 1.25. The van der Waals surface area contributed by atoms with Gasteiger partial charge in [0.15, 0.2) is 0 Å². The van der Waals surface area contributed by atoms with E-state index in [1.165, 1.54) is 10.5 Å². The van der Waals surface area contributed by atoms with Crippen molar-refractivity contribution in [2.24, 2.45) is 5.92 Å². The standard InChI is InChI=1S/C19H27N3O2S/c1-13(2)9-16-19(24)22-8-7-21(12-17(22)18(23)20-16)11-14-5-4-6-15(10-14)25-3/h4-6,10,13,16-17H,7-9,11-12H2,1-3H3,(H,20,23)/t16-,17+/m0/s1. The van der Waals surface area contributed by atoms with E-state index in [0.717, 1.165) is 13.1 Å². The minimum absolute atomic E-state index is 0.00665. The summed E-state index contributed by atoms with van der Waals surface area (Å²) in [5.74, 6) is 0.464. The van der Waals surface area contributed by atoms with Crippen LogP contribution in [0.25, 0.3) is 0 Å². The lowest BCUT2D eigenvalue weighted by Gasteiger charge is -2.45. The topological polar surface area (TPSA) is 52.6 Å². The van der Waals surface area contributed by atoms with E-state index < -0.39 is 0 Å². The van der Waals surface area contributed by atoms with Gasteiger partial charge in [0.25, 0.3) is 0 Å². The Bertz CT molecular complexity index is 649. The number of hydrogen-bond acceptors (Lipinski definition) is 4. The molecule has 0 aliphatic carbocycles. The van der Waals surface area contributed by atoms with E-state index in [2.05, 4.69) is 54.6 Å². The van der Waals surface area contributed by atoms with E-state index in [1.54, 1.807) is 16.7 Å². The van der Waals surface area contributed by atoms with Gasteiger partial charge in [-0.3, -0.25) is 14.5 Å². The van der Waals surface area contributed by atoms with Crippen LogP contribution >= 0.6 is 11.8 Å². The zero-order valence-electron chi connectivity index (χ0n) is 15.2. The number of thioether (sulfide) groups is 1. The normalized spacial score (nSPS) is 24.4. The van der Waals surface area contributed by atoms with E-state index in [0.29, 0.717) is 25.4 Å². The predicted molar refractivity (Wildman–Crippen MR) is 100 cm³/mol. The molecule has 0 bridgehead atoms. The van der Waals surface area contributed by atoms with Crippen LogP contribution in [0.2, 0.25) is 0 Å². The molecule has 2 saturated heterocycles. The summed E-state index contributed by atoms with van der Waals surface area (Å²) in [5, 5.41) is 2.94. The lowest BCUT2D eigenvalue weighted by atomic mass is 9.97. The fourth-order valence-corrected chi connectivity index (χ4v) is 4.15.